The van der Waals surface area contributed by atoms with Crippen molar-refractivity contribution < 1.29 is 4.79 Å². The molecule has 0 saturated carbocycles. The van der Waals surface area contributed by atoms with E-state index in [1.165, 1.54) is 4.88 Å². The Kier molecular flexibility index (Phi) is 7.84. The molecule has 8 heteroatoms. The molecule has 7 nitrogen and oxygen atoms in total. The Morgan fingerprint density at radius 2 is 1.96 bits per heavy atom. The van der Waals surface area contributed by atoms with Gasteiger partial charge in [0.15, 0.2) is 5.96 Å². The summed E-state index contributed by atoms with van der Waals surface area (Å²) < 4.78 is 0. The fraction of sp³-hybridized carbons (Fsp3) is 0.722. The Labute approximate surface area is 160 Å². The van der Waals surface area contributed by atoms with E-state index in [4.69, 9.17) is 0 Å². The highest BCUT2D eigenvalue weighted by Gasteiger charge is 2.21. The first-order valence-corrected chi connectivity index (χ1v) is 10.1. The smallest absolute Gasteiger partial charge is 0.234 e. The number of amides is 1. The van der Waals surface area contributed by atoms with E-state index in [1.807, 2.05) is 20.9 Å². The molecule has 0 radical (unpaired) electrons. The Morgan fingerprint density at radius 1 is 1.27 bits per heavy atom. The number of hydrogen-bond donors (Lipinski definition) is 2. The fourth-order valence-electron chi connectivity index (χ4n) is 3.11. The van der Waals surface area contributed by atoms with Crippen molar-refractivity contribution in [3.05, 3.63) is 15.6 Å². The molecular weight excluding hydrogens is 348 g/mol. The van der Waals surface area contributed by atoms with E-state index in [1.54, 1.807) is 11.3 Å². The first-order valence-electron chi connectivity index (χ1n) is 9.29. The zero-order valence-corrected chi connectivity index (χ0v) is 17.4. The number of carbonyl (C=O) groups is 1. The van der Waals surface area contributed by atoms with Gasteiger partial charge in [-0.05, 0) is 27.7 Å². The van der Waals surface area contributed by atoms with Gasteiger partial charge >= 0.3 is 0 Å². The summed E-state index contributed by atoms with van der Waals surface area (Å²) in [4.78, 5) is 26.6. The second kappa shape index (κ2) is 9.87. The normalized spacial score (nSPS) is 16.2. The van der Waals surface area contributed by atoms with Crippen LogP contribution in [-0.2, 0) is 11.2 Å². The van der Waals surface area contributed by atoms with E-state index in [0.29, 0.717) is 6.54 Å². The van der Waals surface area contributed by atoms with Gasteiger partial charge < -0.3 is 15.5 Å². The molecule has 2 N–H and O–H groups in total. The van der Waals surface area contributed by atoms with Crippen LogP contribution in [0.4, 0.5) is 0 Å². The molecule has 2 heterocycles. The minimum absolute atomic E-state index is 0.103. The third-order valence-corrected chi connectivity index (χ3v) is 5.47. The first-order chi connectivity index (χ1) is 12.4. The molecule has 0 atom stereocenters. The number of rotatable bonds is 6. The Balaban J connectivity index is 1.74. The van der Waals surface area contributed by atoms with Crippen LogP contribution >= 0.6 is 11.3 Å². The van der Waals surface area contributed by atoms with Crippen LogP contribution in [0.2, 0.25) is 0 Å². The van der Waals surface area contributed by atoms with Crippen LogP contribution in [0, 0.1) is 13.8 Å². The van der Waals surface area contributed by atoms with Crippen LogP contribution in [0.1, 0.15) is 29.4 Å². The number of aryl methyl sites for hydroxylation is 2. The predicted molar refractivity (Wildman–Crippen MR) is 108 cm³/mol. The average Bonchev–Trinajstić information content (AvgIpc) is 2.89. The minimum atomic E-state index is 0.103. The van der Waals surface area contributed by atoms with Gasteiger partial charge in [0.2, 0.25) is 5.91 Å². The number of hydrogen-bond acceptors (Lipinski definition) is 5. The SMILES string of the molecule is CN=C(NCCc1sc(C)nc1C)N1CCN(CC(=O)NC(C)C)CC1. The van der Waals surface area contributed by atoms with Crippen LogP contribution in [-0.4, -0.2) is 79.0 Å². The lowest BCUT2D eigenvalue weighted by atomic mass is 10.3. The van der Waals surface area contributed by atoms with Crippen molar-refractivity contribution in [2.75, 3.05) is 46.3 Å². The summed E-state index contributed by atoms with van der Waals surface area (Å²) in [6.07, 6.45) is 0.964. The zero-order chi connectivity index (χ0) is 19.1. The third kappa shape index (κ3) is 6.25. The number of guanidine groups is 1. The van der Waals surface area contributed by atoms with E-state index in [-0.39, 0.29) is 11.9 Å². The van der Waals surface area contributed by atoms with E-state index < -0.39 is 0 Å². The van der Waals surface area contributed by atoms with E-state index in [9.17, 15) is 4.79 Å². The summed E-state index contributed by atoms with van der Waals surface area (Å²) >= 11 is 1.77. The molecule has 2 rings (SSSR count). The van der Waals surface area contributed by atoms with Crippen LogP contribution in [0.3, 0.4) is 0 Å². The monoisotopic (exact) mass is 380 g/mol. The fourth-order valence-corrected chi connectivity index (χ4v) is 4.05. The van der Waals surface area contributed by atoms with E-state index in [2.05, 4.69) is 44.3 Å². The van der Waals surface area contributed by atoms with Crippen molar-refractivity contribution in [3.8, 4) is 0 Å². The number of aromatic nitrogens is 1. The van der Waals surface area contributed by atoms with Gasteiger partial charge in [-0.1, -0.05) is 0 Å². The maximum Gasteiger partial charge on any atom is 0.234 e. The van der Waals surface area contributed by atoms with E-state index >= 15 is 0 Å². The Morgan fingerprint density at radius 3 is 2.50 bits per heavy atom. The van der Waals surface area contributed by atoms with Crippen LogP contribution in [0.25, 0.3) is 0 Å². The number of piperazine rings is 1. The quantitative estimate of drug-likeness (QED) is 0.569. The highest BCUT2D eigenvalue weighted by Crippen LogP contribution is 2.17. The first kappa shape index (κ1) is 20.6. The summed E-state index contributed by atoms with van der Waals surface area (Å²) in [5, 5.41) is 7.54. The molecule has 0 aliphatic carbocycles. The predicted octanol–water partition coefficient (Wildman–Crippen LogP) is 1.02. The van der Waals surface area contributed by atoms with Gasteiger partial charge in [0.05, 0.1) is 17.2 Å². The van der Waals surface area contributed by atoms with Gasteiger partial charge in [-0.2, -0.15) is 0 Å². The summed E-state index contributed by atoms with van der Waals surface area (Å²) in [5.41, 5.74) is 1.14. The molecular formula is C18H32N6OS. The number of nitrogens with one attached hydrogen (secondary N) is 2. The molecule has 1 saturated heterocycles. The number of thiazole rings is 1. The molecule has 0 unspecified atom stereocenters. The largest absolute Gasteiger partial charge is 0.356 e. The summed E-state index contributed by atoms with van der Waals surface area (Å²) in [7, 11) is 1.83. The standard InChI is InChI=1S/C18H32N6OS/c1-13(2)21-17(25)12-23-8-10-24(11-9-23)18(19-5)20-7-6-16-14(3)22-15(4)26-16/h13H,6-12H2,1-5H3,(H,19,20)(H,21,25). The lowest BCUT2D eigenvalue weighted by Crippen LogP contribution is -2.54. The molecule has 1 aromatic heterocycles. The van der Waals surface area contributed by atoms with Crippen molar-refractivity contribution in [2.24, 2.45) is 4.99 Å². The zero-order valence-electron chi connectivity index (χ0n) is 16.6. The molecule has 1 aromatic rings. The summed E-state index contributed by atoms with van der Waals surface area (Å²) in [5.74, 6) is 1.04. The minimum Gasteiger partial charge on any atom is -0.356 e. The molecule has 1 aliphatic heterocycles. The molecule has 1 amide bonds. The van der Waals surface area contributed by atoms with Crippen LogP contribution in [0.15, 0.2) is 4.99 Å². The van der Waals surface area contributed by atoms with Gasteiger partial charge in [0.25, 0.3) is 0 Å². The summed E-state index contributed by atoms with van der Waals surface area (Å²) in [6.45, 7) is 12.9. The Hall–Kier alpha value is -1.67. The van der Waals surface area contributed by atoms with Crippen molar-refractivity contribution in [1.82, 2.24) is 25.4 Å². The van der Waals surface area contributed by atoms with Gasteiger partial charge in [-0.25, -0.2) is 4.98 Å². The molecule has 26 heavy (non-hydrogen) atoms. The Bertz CT molecular complexity index is 619. The lowest BCUT2D eigenvalue weighted by Gasteiger charge is -2.36. The second-order valence-electron chi connectivity index (χ2n) is 6.95. The van der Waals surface area contributed by atoms with Crippen molar-refractivity contribution in [3.63, 3.8) is 0 Å². The topological polar surface area (TPSA) is 72.9 Å². The highest BCUT2D eigenvalue weighted by molar-refractivity contribution is 7.11. The maximum absolute atomic E-state index is 11.9. The number of aliphatic imine (C=N–C) groups is 1. The molecule has 146 valence electrons. The second-order valence-corrected chi connectivity index (χ2v) is 8.24. The van der Waals surface area contributed by atoms with Gasteiger partial charge in [0, 0.05) is 57.1 Å². The van der Waals surface area contributed by atoms with Gasteiger partial charge in [-0.3, -0.25) is 14.7 Å². The lowest BCUT2D eigenvalue weighted by molar-refractivity contribution is -0.123. The third-order valence-electron chi connectivity index (χ3n) is 4.34. The maximum atomic E-state index is 11.9. The van der Waals surface area contributed by atoms with E-state index in [0.717, 1.165) is 55.8 Å². The molecule has 0 spiro atoms. The highest BCUT2D eigenvalue weighted by atomic mass is 32.1. The molecule has 0 bridgehead atoms. The van der Waals surface area contributed by atoms with Gasteiger partial charge in [-0.15, -0.1) is 11.3 Å². The van der Waals surface area contributed by atoms with Crippen molar-refractivity contribution in [1.29, 1.82) is 0 Å². The number of carbonyl (C=O) groups excluding carboxylic acids is 1. The van der Waals surface area contributed by atoms with Crippen LogP contribution < -0.4 is 10.6 Å². The molecule has 1 aliphatic rings. The molecule has 0 aromatic carbocycles. The van der Waals surface area contributed by atoms with Gasteiger partial charge in [0.1, 0.15) is 0 Å². The van der Waals surface area contributed by atoms with Crippen molar-refractivity contribution >= 4 is 23.2 Å². The summed E-state index contributed by atoms with van der Waals surface area (Å²) in [6, 6.07) is 0.192. The van der Waals surface area contributed by atoms with Crippen LogP contribution in [0.5, 0.6) is 0 Å². The van der Waals surface area contributed by atoms with Crippen molar-refractivity contribution in [2.45, 2.75) is 40.2 Å². The number of nitrogens with zero attached hydrogens (tertiary/aromatic N) is 4. The molecule has 1 fully saturated rings. The average molecular weight is 381 g/mol.